The maximum atomic E-state index is 11.9. The molecule has 0 aliphatic heterocycles. The van der Waals surface area contributed by atoms with Gasteiger partial charge in [-0.25, -0.2) is 0 Å². The van der Waals surface area contributed by atoms with E-state index in [2.05, 4.69) is 26.1 Å². The van der Waals surface area contributed by atoms with Crippen molar-refractivity contribution in [3.63, 3.8) is 0 Å². The zero-order valence-corrected chi connectivity index (χ0v) is 10.4. The van der Waals surface area contributed by atoms with E-state index in [9.17, 15) is 4.79 Å². The van der Waals surface area contributed by atoms with Crippen molar-refractivity contribution in [3.8, 4) is 0 Å². The van der Waals surface area contributed by atoms with Crippen LogP contribution in [0.15, 0.2) is 15.3 Å². The molecule has 86 valence electrons. The molecule has 5 nitrogen and oxygen atoms in total. The van der Waals surface area contributed by atoms with Gasteiger partial charge in [-0.2, -0.15) is 5.10 Å². The number of aryl methyl sites for hydroxylation is 2. The molecule has 0 unspecified atom stereocenters. The van der Waals surface area contributed by atoms with Crippen LogP contribution in [0.2, 0.25) is 0 Å². The Hall–Kier alpha value is -1.14. The minimum absolute atomic E-state index is 0.0594. The van der Waals surface area contributed by atoms with Gasteiger partial charge in [0.05, 0.1) is 4.47 Å². The molecule has 2 aromatic rings. The van der Waals surface area contributed by atoms with Crippen LogP contribution in [0.4, 0.5) is 0 Å². The number of aromatic amines is 1. The van der Waals surface area contributed by atoms with E-state index in [-0.39, 0.29) is 12.2 Å². The first-order valence-corrected chi connectivity index (χ1v) is 5.79. The van der Waals surface area contributed by atoms with Gasteiger partial charge < -0.3 is 5.11 Å². The van der Waals surface area contributed by atoms with Crippen LogP contribution in [-0.4, -0.2) is 26.5 Å². The molecular formula is C10H12BrN3O2. The van der Waals surface area contributed by atoms with Crippen LogP contribution in [0, 0.1) is 6.92 Å². The highest BCUT2D eigenvalue weighted by Crippen LogP contribution is 2.17. The number of fused-ring (bicyclic) bond motifs is 1. The van der Waals surface area contributed by atoms with Crippen LogP contribution in [0.1, 0.15) is 12.1 Å². The number of rotatable bonds is 3. The van der Waals surface area contributed by atoms with E-state index < -0.39 is 0 Å². The molecule has 2 N–H and O–H groups in total. The number of aliphatic hydroxyl groups is 1. The SMILES string of the molecule is Cc1[nH]nc2c1cc(Br)c(=O)n2CCCO. The Morgan fingerprint density at radius 2 is 2.38 bits per heavy atom. The molecule has 16 heavy (non-hydrogen) atoms. The Morgan fingerprint density at radius 1 is 1.62 bits per heavy atom. The van der Waals surface area contributed by atoms with Gasteiger partial charge in [0.15, 0.2) is 5.65 Å². The predicted molar refractivity (Wildman–Crippen MR) is 64.5 cm³/mol. The van der Waals surface area contributed by atoms with Crippen LogP contribution in [-0.2, 0) is 6.54 Å². The van der Waals surface area contributed by atoms with Crippen LogP contribution >= 0.6 is 15.9 Å². The second-order valence-electron chi connectivity index (χ2n) is 3.61. The summed E-state index contributed by atoms with van der Waals surface area (Å²) in [5.41, 5.74) is 1.44. The minimum atomic E-state index is -0.118. The summed E-state index contributed by atoms with van der Waals surface area (Å²) in [5, 5.41) is 16.7. The van der Waals surface area contributed by atoms with Gasteiger partial charge in [-0.05, 0) is 35.3 Å². The zero-order valence-electron chi connectivity index (χ0n) is 8.83. The molecular weight excluding hydrogens is 274 g/mol. The Morgan fingerprint density at radius 3 is 3.06 bits per heavy atom. The Kier molecular flexibility index (Phi) is 3.11. The standard InChI is InChI=1S/C10H12BrN3O2/c1-6-7-5-8(11)10(16)14(3-2-4-15)9(7)13-12-6/h5,15H,2-4H2,1H3,(H,12,13). The fourth-order valence-corrected chi connectivity index (χ4v) is 2.10. The van der Waals surface area contributed by atoms with Crippen LogP contribution in [0.5, 0.6) is 0 Å². The fourth-order valence-electron chi connectivity index (χ4n) is 1.65. The number of hydrogen-bond acceptors (Lipinski definition) is 3. The third kappa shape index (κ3) is 1.78. The maximum Gasteiger partial charge on any atom is 0.266 e. The predicted octanol–water partition coefficient (Wildman–Crippen LogP) is 1.18. The molecule has 0 saturated carbocycles. The highest BCUT2D eigenvalue weighted by molar-refractivity contribution is 9.10. The lowest BCUT2D eigenvalue weighted by molar-refractivity contribution is 0.279. The number of nitrogens with zero attached hydrogens (tertiary/aromatic N) is 2. The lowest BCUT2D eigenvalue weighted by Gasteiger charge is -2.06. The monoisotopic (exact) mass is 285 g/mol. The van der Waals surface area contributed by atoms with E-state index >= 15 is 0 Å². The van der Waals surface area contributed by atoms with Crippen molar-refractivity contribution in [3.05, 3.63) is 26.6 Å². The number of nitrogens with one attached hydrogen (secondary N) is 1. The molecule has 0 atom stereocenters. The molecule has 2 aromatic heterocycles. The average Bonchev–Trinajstić information content (AvgIpc) is 2.61. The van der Waals surface area contributed by atoms with Crippen LogP contribution in [0.25, 0.3) is 11.0 Å². The molecule has 0 fully saturated rings. The highest BCUT2D eigenvalue weighted by Gasteiger charge is 2.11. The van der Waals surface area contributed by atoms with Gasteiger partial charge in [0.25, 0.3) is 5.56 Å². The van der Waals surface area contributed by atoms with Crippen LogP contribution < -0.4 is 5.56 Å². The van der Waals surface area contributed by atoms with E-state index in [4.69, 9.17) is 5.11 Å². The van der Waals surface area contributed by atoms with E-state index in [1.54, 1.807) is 10.6 Å². The summed E-state index contributed by atoms with van der Waals surface area (Å²) in [6, 6.07) is 1.77. The van der Waals surface area contributed by atoms with Gasteiger partial charge in [0, 0.05) is 24.2 Å². The number of aromatic nitrogens is 3. The van der Waals surface area contributed by atoms with Crippen molar-refractivity contribution in [2.24, 2.45) is 0 Å². The highest BCUT2D eigenvalue weighted by atomic mass is 79.9. The zero-order chi connectivity index (χ0) is 11.7. The van der Waals surface area contributed by atoms with Crippen molar-refractivity contribution in [1.29, 1.82) is 0 Å². The molecule has 0 amide bonds. The number of halogens is 1. The van der Waals surface area contributed by atoms with Crippen LogP contribution in [0.3, 0.4) is 0 Å². The molecule has 6 heteroatoms. The van der Waals surface area contributed by atoms with Gasteiger partial charge in [-0.1, -0.05) is 0 Å². The summed E-state index contributed by atoms with van der Waals surface area (Å²) in [6.45, 7) is 2.43. The molecule has 0 saturated heterocycles. The summed E-state index contributed by atoms with van der Waals surface area (Å²) < 4.78 is 2.08. The van der Waals surface area contributed by atoms with E-state index in [1.807, 2.05) is 6.92 Å². The third-order valence-corrected chi connectivity index (χ3v) is 3.06. The molecule has 0 spiro atoms. The molecule has 0 aromatic carbocycles. The molecule has 0 aliphatic rings. The first-order valence-electron chi connectivity index (χ1n) is 5.00. The first-order chi connectivity index (χ1) is 7.65. The molecule has 0 radical (unpaired) electrons. The minimum Gasteiger partial charge on any atom is -0.396 e. The summed E-state index contributed by atoms with van der Waals surface area (Å²) in [5.74, 6) is 0. The summed E-state index contributed by atoms with van der Waals surface area (Å²) in [7, 11) is 0. The number of hydrogen-bond donors (Lipinski definition) is 2. The second kappa shape index (κ2) is 4.39. The molecule has 2 heterocycles. The fraction of sp³-hybridized carbons (Fsp3) is 0.400. The van der Waals surface area contributed by atoms with E-state index in [0.717, 1.165) is 11.1 Å². The van der Waals surface area contributed by atoms with Crippen molar-refractivity contribution in [1.82, 2.24) is 14.8 Å². The van der Waals surface area contributed by atoms with E-state index in [0.29, 0.717) is 23.1 Å². The largest absolute Gasteiger partial charge is 0.396 e. The summed E-state index contributed by atoms with van der Waals surface area (Å²) in [6.07, 6.45) is 0.539. The summed E-state index contributed by atoms with van der Waals surface area (Å²) >= 11 is 3.24. The van der Waals surface area contributed by atoms with Gasteiger partial charge in [0.2, 0.25) is 0 Å². The van der Waals surface area contributed by atoms with E-state index in [1.165, 1.54) is 0 Å². The average molecular weight is 286 g/mol. The summed E-state index contributed by atoms with van der Waals surface area (Å²) in [4.78, 5) is 11.9. The number of aliphatic hydroxyl groups excluding tert-OH is 1. The molecule has 0 bridgehead atoms. The van der Waals surface area contributed by atoms with Crippen molar-refractivity contribution < 1.29 is 5.11 Å². The first kappa shape index (κ1) is 11.3. The lowest BCUT2D eigenvalue weighted by atomic mass is 10.2. The number of pyridine rings is 1. The number of H-pyrrole nitrogens is 1. The van der Waals surface area contributed by atoms with Gasteiger partial charge in [-0.3, -0.25) is 14.5 Å². The van der Waals surface area contributed by atoms with Crippen molar-refractivity contribution in [2.45, 2.75) is 19.9 Å². The third-order valence-electron chi connectivity index (χ3n) is 2.49. The Balaban J connectivity index is 2.67. The quantitative estimate of drug-likeness (QED) is 0.890. The van der Waals surface area contributed by atoms with Crippen molar-refractivity contribution >= 4 is 27.0 Å². The normalized spacial score (nSPS) is 11.2. The molecule has 0 aliphatic carbocycles. The van der Waals surface area contributed by atoms with Gasteiger partial charge >= 0.3 is 0 Å². The van der Waals surface area contributed by atoms with Gasteiger partial charge in [-0.15, -0.1) is 0 Å². The Bertz CT molecular complexity index is 573. The maximum absolute atomic E-state index is 11.9. The lowest BCUT2D eigenvalue weighted by Crippen LogP contribution is -2.21. The second-order valence-corrected chi connectivity index (χ2v) is 4.47. The molecule has 2 rings (SSSR count). The Labute approximate surface area is 100 Å². The van der Waals surface area contributed by atoms with Gasteiger partial charge in [0.1, 0.15) is 0 Å². The topological polar surface area (TPSA) is 70.9 Å². The van der Waals surface area contributed by atoms with Crippen molar-refractivity contribution in [2.75, 3.05) is 6.61 Å². The smallest absolute Gasteiger partial charge is 0.266 e.